The lowest BCUT2D eigenvalue weighted by Gasteiger charge is -2.55. The maximum Gasteiger partial charge on any atom is 0.416 e. The van der Waals surface area contributed by atoms with Gasteiger partial charge in [0.05, 0.1) is 10.5 Å². The summed E-state index contributed by atoms with van der Waals surface area (Å²) in [5.41, 5.74) is -0.807. The number of hydrogen-bond donors (Lipinski definition) is 1. The maximum absolute atomic E-state index is 12.4. The Morgan fingerprint density at radius 3 is 2.05 bits per heavy atom. The van der Waals surface area contributed by atoms with Gasteiger partial charge in [-0.15, -0.1) is 0 Å². The predicted octanol–water partition coefficient (Wildman–Crippen LogP) is 1.30. The van der Waals surface area contributed by atoms with Gasteiger partial charge >= 0.3 is 6.18 Å². The summed E-state index contributed by atoms with van der Waals surface area (Å²) in [5, 5.41) is 3.09. The lowest BCUT2D eigenvalue weighted by molar-refractivity contribution is -0.137. The van der Waals surface area contributed by atoms with E-state index in [2.05, 4.69) is 5.32 Å². The van der Waals surface area contributed by atoms with Crippen LogP contribution in [0.2, 0.25) is 0 Å². The van der Waals surface area contributed by atoms with Crippen LogP contribution in [0.15, 0.2) is 29.2 Å². The van der Waals surface area contributed by atoms with Crippen LogP contribution in [0.1, 0.15) is 5.56 Å². The maximum atomic E-state index is 12.4. The Bertz CT molecular complexity index is 613. The lowest BCUT2D eigenvalue weighted by atomic mass is 9.76. The zero-order chi connectivity index (χ0) is 14.6. The molecule has 2 saturated heterocycles. The molecule has 0 saturated carbocycles. The summed E-state index contributed by atoms with van der Waals surface area (Å²) in [7, 11) is -3.67. The number of sulfonamides is 1. The molecule has 8 heteroatoms. The molecule has 0 unspecified atom stereocenters. The summed E-state index contributed by atoms with van der Waals surface area (Å²) in [6.07, 6.45) is -4.46. The normalized spacial score (nSPS) is 22.4. The molecule has 20 heavy (non-hydrogen) atoms. The van der Waals surface area contributed by atoms with Crippen LogP contribution in [-0.2, 0) is 16.2 Å². The van der Waals surface area contributed by atoms with E-state index in [0.29, 0.717) is 13.1 Å². The Morgan fingerprint density at radius 2 is 1.65 bits per heavy atom. The van der Waals surface area contributed by atoms with E-state index >= 15 is 0 Å². The van der Waals surface area contributed by atoms with Crippen molar-refractivity contribution < 1.29 is 21.6 Å². The molecule has 2 fully saturated rings. The monoisotopic (exact) mass is 306 g/mol. The minimum absolute atomic E-state index is 0.0407. The Hall–Kier alpha value is -1.12. The first-order valence-corrected chi connectivity index (χ1v) is 7.55. The molecular formula is C12H13F3N2O2S. The number of alkyl halides is 3. The van der Waals surface area contributed by atoms with E-state index in [9.17, 15) is 21.6 Å². The summed E-state index contributed by atoms with van der Waals surface area (Å²) in [6, 6.07) is 3.63. The molecule has 0 aliphatic carbocycles. The van der Waals surface area contributed by atoms with Crippen LogP contribution in [0.3, 0.4) is 0 Å². The van der Waals surface area contributed by atoms with Crippen molar-refractivity contribution in [2.24, 2.45) is 5.41 Å². The van der Waals surface area contributed by atoms with E-state index in [1.807, 2.05) is 0 Å². The number of nitrogens with zero attached hydrogens (tertiary/aromatic N) is 1. The van der Waals surface area contributed by atoms with Gasteiger partial charge in [0.2, 0.25) is 10.0 Å². The van der Waals surface area contributed by atoms with Gasteiger partial charge in [0.25, 0.3) is 0 Å². The molecule has 4 nitrogen and oxygen atoms in total. The fourth-order valence-electron chi connectivity index (χ4n) is 2.54. The number of rotatable bonds is 2. The van der Waals surface area contributed by atoms with Crippen molar-refractivity contribution in [2.75, 3.05) is 26.2 Å². The van der Waals surface area contributed by atoms with Gasteiger partial charge in [-0.1, -0.05) is 0 Å². The van der Waals surface area contributed by atoms with E-state index in [0.717, 1.165) is 37.4 Å². The van der Waals surface area contributed by atoms with Crippen LogP contribution in [0.5, 0.6) is 0 Å². The van der Waals surface area contributed by atoms with E-state index in [4.69, 9.17) is 0 Å². The van der Waals surface area contributed by atoms with Gasteiger partial charge in [-0.2, -0.15) is 17.5 Å². The van der Waals surface area contributed by atoms with Crippen molar-refractivity contribution in [1.82, 2.24) is 9.62 Å². The minimum atomic E-state index is -4.46. The highest BCUT2D eigenvalue weighted by molar-refractivity contribution is 7.89. The predicted molar refractivity (Wildman–Crippen MR) is 65.5 cm³/mol. The van der Waals surface area contributed by atoms with Crippen LogP contribution in [0, 0.1) is 5.41 Å². The van der Waals surface area contributed by atoms with Crippen LogP contribution in [-0.4, -0.2) is 38.9 Å². The summed E-state index contributed by atoms with van der Waals surface area (Å²) < 4.78 is 63.1. The van der Waals surface area contributed by atoms with Crippen LogP contribution < -0.4 is 5.32 Å². The first-order valence-electron chi connectivity index (χ1n) is 6.11. The zero-order valence-electron chi connectivity index (χ0n) is 10.4. The SMILES string of the molecule is O=S(=O)(c1ccc(C(F)(F)F)cc1)N1CC2(CNC2)C1. The smallest absolute Gasteiger partial charge is 0.315 e. The molecule has 0 radical (unpaired) electrons. The number of halogens is 3. The van der Waals surface area contributed by atoms with Gasteiger partial charge in [-0.25, -0.2) is 8.42 Å². The standard InChI is InChI=1S/C12H13F3N2O2S/c13-12(14,15)9-1-3-10(4-2-9)20(18,19)17-7-11(8-17)5-16-6-11/h1-4,16H,5-8H2. The first kappa shape index (κ1) is 13.8. The number of benzene rings is 1. The summed E-state index contributed by atoms with van der Waals surface area (Å²) in [4.78, 5) is -0.0902. The number of nitrogens with one attached hydrogen (secondary N) is 1. The summed E-state index contributed by atoms with van der Waals surface area (Å²) in [5.74, 6) is 0. The molecule has 1 spiro atoms. The lowest BCUT2D eigenvalue weighted by Crippen LogP contribution is -2.71. The molecule has 0 bridgehead atoms. The molecule has 1 aromatic carbocycles. The summed E-state index contributed by atoms with van der Waals surface area (Å²) >= 11 is 0. The quantitative estimate of drug-likeness (QED) is 0.896. The van der Waals surface area contributed by atoms with Crippen molar-refractivity contribution in [1.29, 1.82) is 0 Å². The van der Waals surface area contributed by atoms with Crippen molar-refractivity contribution >= 4 is 10.0 Å². The topological polar surface area (TPSA) is 49.4 Å². The second-order valence-corrected chi connectivity index (χ2v) is 7.34. The van der Waals surface area contributed by atoms with Gasteiger partial charge in [0.1, 0.15) is 0 Å². The largest absolute Gasteiger partial charge is 0.416 e. The Kier molecular flexibility index (Phi) is 2.90. The van der Waals surface area contributed by atoms with E-state index in [1.165, 1.54) is 4.31 Å². The van der Waals surface area contributed by atoms with E-state index < -0.39 is 21.8 Å². The third kappa shape index (κ3) is 2.11. The average Bonchev–Trinajstić information content (AvgIpc) is 2.24. The molecule has 0 aromatic heterocycles. The molecule has 2 aliphatic rings. The highest BCUT2D eigenvalue weighted by Gasteiger charge is 2.51. The van der Waals surface area contributed by atoms with Gasteiger partial charge in [0, 0.05) is 31.6 Å². The van der Waals surface area contributed by atoms with Gasteiger partial charge < -0.3 is 5.32 Å². The second kappa shape index (κ2) is 4.19. The molecule has 0 amide bonds. The molecule has 110 valence electrons. The molecule has 3 rings (SSSR count). The Labute approximate surface area is 114 Å². The van der Waals surface area contributed by atoms with Gasteiger partial charge in [0.15, 0.2) is 0 Å². The molecular weight excluding hydrogens is 293 g/mol. The zero-order valence-corrected chi connectivity index (χ0v) is 11.3. The fraction of sp³-hybridized carbons (Fsp3) is 0.500. The molecule has 1 aromatic rings. The first-order chi connectivity index (χ1) is 9.23. The van der Waals surface area contributed by atoms with Crippen LogP contribution in [0.25, 0.3) is 0 Å². The van der Waals surface area contributed by atoms with Gasteiger partial charge in [-0.05, 0) is 24.3 Å². The van der Waals surface area contributed by atoms with Crippen molar-refractivity contribution in [3.05, 3.63) is 29.8 Å². The van der Waals surface area contributed by atoms with Crippen LogP contribution >= 0.6 is 0 Å². The minimum Gasteiger partial charge on any atom is -0.315 e. The van der Waals surface area contributed by atoms with E-state index in [-0.39, 0.29) is 10.3 Å². The number of hydrogen-bond acceptors (Lipinski definition) is 3. The highest BCUT2D eigenvalue weighted by Crippen LogP contribution is 2.38. The Balaban J connectivity index is 1.78. The van der Waals surface area contributed by atoms with E-state index in [1.54, 1.807) is 0 Å². The summed E-state index contributed by atoms with van der Waals surface area (Å²) in [6.45, 7) is 2.46. The Morgan fingerprint density at radius 1 is 1.10 bits per heavy atom. The second-order valence-electron chi connectivity index (χ2n) is 5.40. The van der Waals surface area contributed by atoms with Crippen molar-refractivity contribution in [2.45, 2.75) is 11.1 Å². The molecule has 0 atom stereocenters. The molecule has 2 heterocycles. The van der Waals surface area contributed by atoms with Gasteiger partial charge in [-0.3, -0.25) is 0 Å². The highest BCUT2D eigenvalue weighted by atomic mass is 32.2. The average molecular weight is 306 g/mol. The molecule has 2 aliphatic heterocycles. The third-order valence-electron chi connectivity index (χ3n) is 3.84. The van der Waals surface area contributed by atoms with Crippen molar-refractivity contribution in [3.8, 4) is 0 Å². The third-order valence-corrected chi connectivity index (χ3v) is 5.65. The van der Waals surface area contributed by atoms with Crippen LogP contribution in [0.4, 0.5) is 13.2 Å². The molecule has 1 N–H and O–H groups in total. The fourth-order valence-corrected chi connectivity index (χ4v) is 4.20. The van der Waals surface area contributed by atoms with Crippen molar-refractivity contribution in [3.63, 3.8) is 0 Å².